The van der Waals surface area contributed by atoms with Crippen molar-refractivity contribution in [3.63, 3.8) is 0 Å². The number of halogens is 3. The Morgan fingerprint density at radius 2 is 1.84 bits per heavy atom. The van der Waals surface area contributed by atoms with Gasteiger partial charge in [0.1, 0.15) is 11.6 Å². The van der Waals surface area contributed by atoms with Gasteiger partial charge in [-0.1, -0.05) is 0 Å². The number of hydrogen-bond acceptors (Lipinski definition) is 3. The van der Waals surface area contributed by atoms with Crippen molar-refractivity contribution < 1.29 is 18.4 Å². The maximum atomic E-state index is 13.1. The summed E-state index contributed by atoms with van der Waals surface area (Å²) in [7, 11) is 1.58. The van der Waals surface area contributed by atoms with Gasteiger partial charge in [0, 0.05) is 24.7 Å². The van der Waals surface area contributed by atoms with Gasteiger partial charge in [0.25, 0.3) is 0 Å². The molecule has 1 aliphatic carbocycles. The van der Waals surface area contributed by atoms with E-state index >= 15 is 0 Å². The summed E-state index contributed by atoms with van der Waals surface area (Å²) in [5.74, 6) is -2.04. The Balaban J connectivity index is 0.00000225. The second-order valence-electron chi connectivity index (χ2n) is 6.77. The molecular weight excluding hydrogens is 352 g/mol. The van der Waals surface area contributed by atoms with Gasteiger partial charge in [0.05, 0.1) is 6.54 Å². The first-order valence-electron chi connectivity index (χ1n) is 8.11. The van der Waals surface area contributed by atoms with Gasteiger partial charge in [-0.2, -0.15) is 0 Å². The van der Waals surface area contributed by atoms with Crippen LogP contribution in [0.3, 0.4) is 0 Å². The summed E-state index contributed by atoms with van der Waals surface area (Å²) in [6.45, 7) is 1.72. The van der Waals surface area contributed by atoms with Crippen LogP contribution in [-0.2, 0) is 9.59 Å². The average Bonchev–Trinajstić information content (AvgIpc) is 3.18. The molecule has 0 bridgehead atoms. The van der Waals surface area contributed by atoms with Gasteiger partial charge >= 0.3 is 0 Å². The van der Waals surface area contributed by atoms with Crippen LogP contribution in [0.15, 0.2) is 18.2 Å². The molecule has 138 valence electrons. The minimum atomic E-state index is -0.763. The Kier molecular flexibility index (Phi) is 6.00. The van der Waals surface area contributed by atoms with Crippen LogP contribution in [0.4, 0.5) is 14.5 Å². The van der Waals surface area contributed by atoms with E-state index in [9.17, 15) is 18.4 Å². The van der Waals surface area contributed by atoms with Crippen molar-refractivity contribution in [3.8, 4) is 0 Å². The monoisotopic (exact) mass is 373 g/mol. The molecule has 0 radical (unpaired) electrons. The number of likely N-dealkylation sites (N-methyl/N-ethyl adjacent to an activating group) is 1. The number of amides is 2. The highest BCUT2D eigenvalue weighted by molar-refractivity contribution is 5.95. The second-order valence-corrected chi connectivity index (χ2v) is 6.77. The molecule has 1 saturated heterocycles. The van der Waals surface area contributed by atoms with Gasteiger partial charge in [0.15, 0.2) is 0 Å². The third-order valence-corrected chi connectivity index (χ3v) is 4.99. The van der Waals surface area contributed by atoms with Gasteiger partial charge < -0.3 is 15.5 Å². The fourth-order valence-corrected chi connectivity index (χ4v) is 3.56. The Morgan fingerprint density at radius 3 is 2.44 bits per heavy atom. The topological polar surface area (TPSA) is 61.4 Å². The van der Waals surface area contributed by atoms with Crippen molar-refractivity contribution in [1.82, 2.24) is 10.2 Å². The van der Waals surface area contributed by atoms with E-state index in [1.165, 1.54) is 4.90 Å². The van der Waals surface area contributed by atoms with Crippen molar-refractivity contribution in [2.45, 2.75) is 19.3 Å². The Bertz CT molecular complexity index is 645. The van der Waals surface area contributed by atoms with Gasteiger partial charge in [-0.3, -0.25) is 9.59 Å². The van der Waals surface area contributed by atoms with Crippen molar-refractivity contribution in [1.29, 1.82) is 0 Å². The molecule has 1 saturated carbocycles. The van der Waals surface area contributed by atoms with Crippen LogP contribution in [0.5, 0.6) is 0 Å². The summed E-state index contributed by atoms with van der Waals surface area (Å²) >= 11 is 0. The van der Waals surface area contributed by atoms with E-state index in [-0.39, 0.29) is 41.9 Å². The molecule has 2 N–H and O–H groups in total. The van der Waals surface area contributed by atoms with E-state index in [1.54, 1.807) is 7.05 Å². The lowest BCUT2D eigenvalue weighted by atomic mass is 9.91. The van der Waals surface area contributed by atoms with Gasteiger partial charge in [-0.15, -0.1) is 12.4 Å². The van der Waals surface area contributed by atoms with Crippen molar-refractivity contribution in [2.24, 2.45) is 11.3 Å². The van der Waals surface area contributed by atoms with Gasteiger partial charge in [-0.05, 0) is 49.9 Å². The molecule has 8 heteroatoms. The molecule has 1 aromatic carbocycles. The summed E-state index contributed by atoms with van der Waals surface area (Å²) in [4.78, 5) is 25.9. The van der Waals surface area contributed by atoms with Crippen LogP contribution in [0.1, 0.15) is 19.3 Å². The van der Waals surface area contributed by atoms with Crippen LogP contribution >= 0.6 is 12.4 Å². The molecule has 1 unspecified atom stereocenters. The molecule has 1 aliphatic heterocycles. The number of anilines is 1. The summed E-state index contributed by atoms with van der Waals surface area (Å²) in [6, 6.07) is 2.80. The number of benzene rings is 1. The number of piperidine rings is 1. The average molecular weight is 374 g/mol. The Labute approximate surface area is 151 Å². The summed E-state index contributed by atoms with van der Waals surface area (Å²) in [5.41, 5.74) is 0.151. The van der Waals surface area contributed by atoms with Gasteiger partial charge in [-0.25, -0.2) is 8.78 Å². The summed E-state index contributed by atoms with van der Waals surface area (Å²) in [5, 5.41) is 5.70. The van der Waals surface area contributed by atoms with Crippen molar-refractivity contribution >= 4 is 29.9 Å². The van der Waals surface area contributed by atoms with Crippen LogP contribution in [-0.4, -0.2) is 43.4 Å². The van der Waals surface area contributed by atoms with E-state index in [2.05, 4.69) is 10.6 Å². The number of rotatable bonds is 4. The number of nitrogens with one attached hydrogen (secondary N) is 2. The highest BCUT2D eigenvalue weighted by atomic mass is 35.5. The van der Waals surface area contributed by atoms with Crippen LogP contribution in [0, 0.1) is 23.0 Å². The maximum absolute atomic E-state index is 13.1. The molecule has 3 rings (SSSR count). The molecule has 0 aromatic heterocycles. The first kappa shape index (κ1) is 19.6. The zero-order valence-corrected chi connectivity index (χ0v) is 14.8. The normalized spacial score (nSPS) is 20.5. The molecule has 1 aromatic rings. The first-order chi connectivity index (χ1) is 11.4. The smallest absolute Gasteiger partial charge is 0.243 e. The Morgan fingerprint density at radius 1 is 1.24 bits per heavy atom. The largest absolute Gasteiger partial charge is 0.336 e. The molecular formula is C17H22ClF2N3O2. The maximum Gasteiger partial charge on any atom is 0.243 e. The van der Waals surface area contributed by atoms with Crippen LogP contribution in [0.25, 0.3) is 0 Å². The molecule has 2 fully saturated rings. The standard InChI is InChI=1S/C17H21F2N3O2.ClH/c1-22(16(24)14-9-17(14)2-4-20-5-3-17)10-15(23)21-13-7-11(18)6-12(19)8-13;/h6-8,14,20H,2-5,9-10H2,1H3,(H,21,23);1H. The minimum absolute atomic E-state index is 0. The highest BCUT2D eigenvalue weighted by Gasteiger charge is 2.58. The lowest BCUT2D eigenvalue weighted by molar-refractivity contribution is -0.135. The van der Waals surface area contributed by atoms with E-state index in [0.717, 1.165) is 50.6 Å². The minimum Gasteiger partial charge on any atom is -0.336 e. The number of carbonyl (C=O) groups is 2. The van der Waals surface area contributed by atoms with Crippen molar-refractivity contribution in [3.05, 3.63) is 29.8 Å². The van der Waals surface area contributed by atoms with Crippen LogP contribution < -0.4 is 10.6 Å². The second kappa shape index (κ2) is 7.66. The molecule has 25 heavy (non-hydrogen) atoms. The number of hydrogen-bond donors (Lipinski definition) is 2. The molecule has 1 atom stereocenters. The SMILES string of the molecule is CN(CC(=O)Nc1cc(F)cc(F)c1)C(=O)C1CC12CCNCC2.Cl. The first-order valence-corrected chi connectivity index (χ1v) is 8.11. The van der Waals surface area contributed by atoms with Crippen molar-refractivity contribution in [2.75, 3.05) is 32.0 Å². The van der Waals surface area contributed by atoms with E-state index in [4.69, 9.17) is 0 Å². The molecule has 2 aliphatic rings. The predicted molar refractivity (Wildman–Crippen MR) is 92.5 cm³/mol. The van der Waals surface area contributed by atoms with Crippen LogP contribution in [0.2, 0.25) is 0 Å². The lowest BCUT2D eigenvalue weighted by Crippen LogP contribution is -2.38. The molecule has 2 amide bonds. The zero-order chi connectivity index (χ0) is 17.3. The van der Waals surface area contributed by atoms with E-state index in [0.29, 0.717) is 0 Å². The predicted octanol–water partition coefficient (Wildman–Crippen LogP) is 2.17. The number of nitrogens with zero attached hydrogens (tertiary/aromatic N) is 1. The summed E-state index contributed by atoms with van der Waals surface area (Å²) in [6.07, 6.45) is 2.87. The fourth-order valence-electron chi connectivity index (χ4n) is 3.56. The highest BCUT2D eigenvalue weighted by Crippen LogP contribution is 2.59. The zero-order valence-electron chi connectivity index (χ0n) is 14.0. The third-order valence-electron chi connectivity index (χ3n) is 4.99. The fraction of sp³-hybridized carbons (Fsp3) is 0.529. The molecule has 1 spiro atoms. The number of carbonyl (C=O) groups excluding carboxylic acids is 2. The van der Waals surface area contributed by atoms with E-state index < -0.39 is 17.5 Å². The summed E-state index contributed by atoms with van der Waals surface area (Å²) < 4.78 is 26.2. The Hall–Kier alpha value is -1.73. The molecule has 1 heterocycles. The van der Waals surface area contributed by atoms with Gasteiger partial charge in [0.2, 0.25) is 11.8 Å². The molecule has 5 nitrogen and oxygen atoms in total. The van der Waals surface area contributed by atoms with E-state index in [1.807, 2.05) is 0 Å². The third kappa shape index (κ3) is 4.46. The quantitative estimate of drug-likeness (QED) is 0.850. The lowest BCUT2D eigenvalue weighted by Gasteiger charge is -2.25.